The Morgan fingerprint density at radius 2 is 2.13 bits per heavy atom. The second kappa shape index (κ2) is 6.20. The molecular weight excluding hydrogens is 418 g/mol. The van der Waals surface area contributed by atoms with E-state index in [-0.39, 0.29) is 5.41 Å². The number of phenols is 1. The number of hydrogen-bond acceptors (Lipinski definition) is 2. The van der Waals surface area contributed by atoms with Crippen LogP contribution in [0.4, 0.5) is 0 Å². The van der Waals surface area contributed by atoms with Crippen LogP contribution in [0.5, 0.6) is 5.75 Å². The molecule has 3 unspecified atom stereocenters. The Hall–Kier alpha value is -0.320. The molecule has 1 saturated heterocycles. The molecule has 1 aromatic rings. The molecule has 1 N–H and O–H groups in total. The molecule has 3 atom stereocenters. The third-order valence-corrected chi connectivity index (χ3v) is 7.36. The molecule has 23 heavy (non-hydrogen) atoms. The predicted molar refractivity (Wildman–Crippen MR) is 103 cm³/mol. The highest BCUT2D eigenvalue weighted by Gasteiger charge is 2.49. The second-order valence-electron chi connectivity index (χ2n) is 7.56. The van der Waals surface area contributed by atoms with E-state index in [0.29, 0.717) is 17.7 Å². The number of rotatable bonds is 2. The Bertz CT molecular complexity index is 666. The van der Waals surface area contributed by atoms with Gasteiger partial charge in [-0.2, -0.15) is 0 Å². The molecule has 0 saturated carbocycles. The van der Waals surface area contributed by atoms with Gasteiger partial charge in [0, 0.05) is 12.6 Å². The van der Waals surface area contributed by atoms with E-state index in [2.05, 4.69) is 76.6 Å². The van der Waals surface area contributed by atoms with Gasteiger partial charge in [-0.25, -0.2) is 0 Å². The average Bonchev–Trinajstić information content (AvgIpc) is 2.47. The Balaban J connectivity index is 2.05. The fourth-order valence-corrected chi connectivity index (χ4v) is 6.02. The summed E-state index contributed by atoms with van der Waals surface area (Å²) >= 11 is 7.17. The van der Waals surface area contributed by atoms with Crippen LogP contribution in [-0.4, -0.2) is 29.1 Å². The maximum atomic E-state index is 10.3. The van der Waals surface area contributed by atoms with Crippen LogP contribution < -0.4 is 0 Å². The number of likely N-dealkylation sites (tertiary alicyclic amines) is 1. The number of benzene rings is 1. The van der Waals surface area contributed by atoms with Gasteiger partial charge < -0.3 is 5.11 Å². The van der Waals surface area contributed by atoms with Crippen LogP contribution in [0.25, 0.3) is 0 Å². The zero-order valence-electron chi connectivity index (χ0n) is 14.3. The minimum atomic E-state index is 0.122. The summed E-state index contributed by atoms with van der Waals surface area (Å²) in [5.74, 6) is 0.911. The summed E-state index contributed by atoms with van der Waals surface area (Å²) in [5.41, 5.74) is 4.20. The van der Waals surface area contributed by atoms with E-state index in [1.165, 1.54) is 16.7 Å². The Labute approximate surface area is 156 Å². The molecule has 2 bridgehead atoms. The molecule has 0 radical (unpaired) electrons. The molecule has 3 rings (SSSR count). The molecule has 126 valence electrons. The first-order chi connectivity index (χ1) is 10.8. The second-order valence-corrected chi connectivity index (χ2v) is 9.21. The SMILES string of the molecule is CC(C)=CCN1CCC2(C)c3c(cc(Br)c(O)c3Br)CC1C2C. The molecule has 2 aliphatic rings. The minimum Gasteiger partial charge on any atom is -0.506 e. The van der Waals surface area contributed by atoms with Gasteiger partial charge in [0.1, 0.15) is 5.75 Å². The molecule has 1 aliphatic carbocycles. The largest absolute Gasteiger partial charge is 0.506 e. The summed E-state index contributed by atoms with van der Waals surface area (Å²) in [5, 5.41) is 10.3. The van der Waals surface area contributed by atoms with Crippen molar-refractivity contribution < 1.29 is 5.11 Å². The van der Waals surface area contributed by atoms with Crippen LogP contribution in [0.1, 0.15) is 45.2 Å². The molecular formula is C19H25Br2NO. The van der Waals surface area contributed by atoms with Gasteiger partial charge in [0.05, 0.1) is 8.95 Å². The van der Waals surface area contributed by atoms with Crippen molar-refractivity contribution in [2.24, 2.45) is 5.92 Å². The smallest absolute Gasteiger partial charge is 0.144 e. The Morgan fingerprint density at radius 1 is 1.43 bits per heavy atom. The number of hydrogen-bond donors (Lipinski definition) is 1. The highest BCUT2D eigenvalue weighted by atomic mass is 79.9. The average molecular weight is 443 g/mol. The topological polar surface area (TPSA) is 23.5 Å². The van der Waals surface area contributed by atoms with Crippen LogP contribution in [0.3, 0.4) is 0 Å². The van der Waals surface area contributed by atoms with E-state index in [4.69, 9.17) is 0 Å². The molecule has 1 aromatic carbocycles. The van der Waals surface area contributed by atoms with E-state index in [9.17, 15) is 5.11 Å². The van der Waals surface area contributed by atoms with Crippen molar-refractivity contribution in [3.8, 4) is 5.75 Å². The van der Waals surface area contributed by atoms with Crippen LogP contribution in [0.2, 0.25) is 0 Å². The number of phenolic OH excluding ortho intramolecular Hbond substituents is 1. The van der Waals surface area contributed by atoms with Crippen LogP contribution >= 0.6 is 31.9 Å². The molecule has 0 spiro atoms. The summed E-state index contributed by atoms with van der Waals surface area (Å²) < 4.78 is 1.67. The molecule has 2 nitrogen and oxygen atoms in total. The van der Waals surface area contributed by atoms with E-state index in [1.54, 1.807) is 0 Å². The van der Waals surface area contributed by atoms with Gasteiger partial charge in [0.25, 0.3) is 0 Å². The molecule has 0 amide bonds. The fourth-order valence-electron chi connectivity index (χ4n) is 4.36. The van der Waals surface area contributed by atoms with Crippen molar-refractivity contribution in [3.63, 3.8) is 0 Å². The number of piperidine rings is 1. The number of fused-ring (bicyclic) bond motifs is 4. The third kappa shape index (κ3) is 2.81. The standard InChI is InChI=1S/C19H25Br2NO/c1-11(2)5-7-22-8-6-19(4)12(3)15(22)10-13-9-14(20)18(23)17(21)16(13)19/h5,9,12,15,23H,6-8,10H2,1-4H3. The van der Waals surface area contributed by atoms with Gasteiger partial charge in [-0.05, 0) is 93.6 Å². The van der Waals surface area contributed by atoms with Crippen LogP contribution in [0, 0.1) is 5.92 Å². The quantitative estimate of drug-likeness (QED) is 0.619. The van der Waals surface area contributed by atoms with E-state index >= 15 is 0 Å². The summed E-state index contributed by atoms with van der Waals surface area (Å²) in [7, 11) is 0. The van der Waals surface area contributed by atoms with E-state index < -0.39 is 0 Å². The summed E-state index contributed by atoms with van der Waals surface area (Å²) in [6.45, 7) is 11.3. The van der Waals surface area contributed by atoms with Crippen molar-refractivity contribution >= 4 is 31.9 Å². The van der Waals surface area contributed by atoms with Crippen molar-refractivity contribution in [1.29, 1.82) is 0 Å². The first-order valence-corrected chi connectivity index (χ1v) is 9.92. The van der Waals surface area contributed by atoms with Gasteiger partial charge in [-0.3, -0.25) is 4.90 Å². The Morgan fingerprint density at radius 3 is 2.78 bits per heavy atom. The van der Waals surface area contributed by atoms with Crippen molar-refractivity contribution in [1.82, 2.24) is 4.90 Å². The molecule has 1 aliphatic heterocycles. The lowest BCUT2D eigenvalue weighted by molar-refractivity contribution is 0.0392. The maximum Gasteiger partial charge on any atom is 0.144 e. The highest BCUT2D eigenvalue weighted by molar-refractivity contribution is 9.11. The lowest BCUT2D eigenvalue weighted by atomic mass is 9.59. The summed E-state index contributed by atoms with van der Waals surface area (Å²) in [6.07, 6.45) is 4.53. The molecule has 1 fully saturated rings. The van der Waals surface area contributed by atoms with Crippen molar-refractivity contribution in [3.05, 3.63) is 37.8 Å². The lowest BCUT2D eigenvalue weighted by Crippen LogP contribution is -2.58. The Kier molecular flexibility index (Phi) is 4.72. The number of nitrogens with zero attached hydrogens (tertiary/aromatic N) is 1. The summed E-state index contributed by atoms with van der Waals surface area (Å²) in [4.78, 5) is 2.64. The zero-order valence-corrected chi connectivity index (χ0v) is 17.5. The van der Waals surface area contributed by atoms with Gasteiger partial charge in [-0.1, -0.05) is 25.5 Å². The molecule has 1 heterocycles. The number of halogens is 2. The van der Waals surface area contributed by atoms with Crippen LogP contribution in [-0.2, 0) is 11.8 Å². The first-order valence-electron chi connectivity index (χ1n) is 8.33. The van der Waals surface area contributed by atoms with Gasteiger partial charge in [0.15, 0.2) is 0 Å². The van der Waals surface area contributed by atoms with Gasteiger partial charge >= 0.3 is 0 Å². The van der Waals surface area contributed by atoms with Gasteiger partial charge in [-0.15, -0.1) is 0 Å². The van der Waals surface area contributed by atoms with E-state index in [0.717, 1.165) is 34.9 Å². The first kappa shape index (κ1) is 17.5. The van der Waals surface area contributed by atoms with E-state index in [1.807, 2.05) is 0 Å². The normalized spacial score (nSPS) is 30.0. The lowest BCUT2D eigenvalue weighted by Gasteiger charge is -2.55. The summed E-state index contributed by atoms with van der Waals surface area (Å²) in [6, 6.07) is 2.69. The van der Waals surface area contributed by atoms with Gasteiger partial charge in [0.2, 0.25) is 0 Å². The minimum absolute atomic E-state index is 0.122. The van der Waals surface area contributed by atoms with Crippen molar-refractivity contribution in [2.45, 2.75) is 52.0 Å². The maximum absolute atomic E-state index is 10.3. The molecule has 4 heteroatoms. The highest BCUT2D eigenvalue weighted by Crippen LogP contribution is 2.53. The third-order valence-electron chi connectivity index (χ3n) is 5.98. The number of allylic oxidation sites excluding steroid dienone is 1. The van der Waals surface area contributed by atoms with Crippen LogP contribution in [0.15, 0.2) is 26.7 Å². The number of aromatic hydroxyl groups is 1. The fraction of sp³-hybridized carbons (Fsp3) is 0.579. The zero-order chi connectivity index (χ0) is 16.9. The van der Waals surface area contributed by atoms with Crippen molar-refractivity contribution in [2.75, 3.05) is 13.1 Å². The predicted octanol–water partition coefficient (Wildman–Crippen LogP) is 5.41. The monoisotopic (exact) mass is 441 g/mol. The molecule has 0 aromatic heterocycles.